The smallest absolute Gasteiger partial charge is 0.336 e. The van der Waals surface area contributed by atoms with E-state index in [2.05, 4.69) is 39.3 Å². The van der Waals surface area contributed by atoms with E-state index in [0.29, 0.717) is 11.4 Å². The number of nitrogens with zero attached hydrogens (tertiary/aromatic N) is 5. The summed E-state index contributed by atoms with van der Waals surface area (Å²) in [7, 11) is 0. The predicted molar refractivity (Wildman–Crippen MR) is 101 cm³/mol. The summed E-state index contributed by atoms with van der Waals surface area (Å²) in [5.74, 6) is 0. The lowest BCUT2D eigenvalue weighted by atomic mass is 10.1. The Morgan fingerprint density at radius 2 is 1.90 bits per heavy atom. The lowest BCUT2D eigenvalue weighted by Crippen LogP contribution is -2.07. The number of pyridine rings is 1. The summed E-state index contributed by atoms with van der Waals surface area (Å²) in [6, 6.07) is 11.2. The summed E-state index contributed by atoms with van der Waals surface area (Å²) < 4.78 is 41.3. The third-order valence-corrected chi connectivity index (χ3v) is 4.66. The maximum Gasteiger partial charge on any atom is 0.435 e. The molecule has 0 saturated heterocycles. The molecule has 29 heavy (non-hydrogen) atoms. The maximum absolute atomic E-state index is 13.1. The number of rotatable bonds is 5. The van der Waals surface area contributed by atoms with Crippen LogP contribution in [0.3, 0.4) is 0 Å². The number of hydrogen-bond acceptors (Lipinski definition) is 4. The van der Waals surface area contributed by atoms with Crippen molar-refractivity contribution >= 4 is 0 Å². The number of nitrogens with one attached hydrogen (secondary N) is 1. The third kappa shape index (κ3) is 4.03. The van der Waals surface area contributed by atoms with Gasteiger partial charge in [-0.25, -0.2) is 4.98 Å². The first-order chi connectivity index (χ1) is 13.9. The highest BCUT2D eigenvalue weighted by molar-refractivity contribution is 5.67. The van der Waals surface area contributed by atoms with E-state index < -0.39 is 11.9 Å². The maximum atomic E-state index is 13.1. The molecule has 0 amide bonds. The van der Waals surface area contributed by atoms with Crippen LogP contribution in [0.2, 0.25) is 0 Å². The lowest BCUT2D eigenvalue weighted by molar-refractivity contribution is -0.140. The van der Waals surface area contributed by atoms with Gasteiger partial charge in [-0.15, -0.1) is 5.10 Å². The monoisotopic (exact) mass is 398 g/mol. The highest BCUT2D eigenvalue weighted by atomic mass is 19.4. The number of aromatic nitrogens is 6. The molecule has 4 aromatic rings. The van der Waals surface area contributed by atoms with Gasteiger partial charge in [0, 0.05) is 24.5 Å². The van der Waals surface area contributed by atoms with Crippen LogP contribution in [0, 0.1) is 6.92 Å². The molecule has 0 aliphatic rings. The summed E-state index contributed by atoms with van der Waals surface area (Å²) in [5.41, 5.74) is 2.55. The number of aromatic amines is 1. The Hall–Kier alpha value is -3.49. The molecule has 3 aromatic heterocycles. The van der Waals surface area contributed by atoms with Gasteiger partial charge in [0.25, 0.3) is 0 Å². The van der Waals surface area contributed by atoms with Crippen molar-refractivity contribution in [2.24, 2.45) is 0 Å². The highest BCUT2D eigenvalue weighted by Crippen LogP contribution is 2.34. The molecule has 0 fully saturated rings. The number of imidazole rings is 1. The first-order valence-electron chi connectivity index (χ1n) is 8.93. The minimum Gasteiger partial charge on any atom is -0.336 e. The molecule has 0 bridgehead atoms. The first kappa shape index (κ1) is 18.9. The number of H-pyrrole nitrogens is 1. The van der Waals surface area contributed by atoms with Gasteiger partial charge in [-0.1, -0.05) is 29.5 Å². The van der Waals surface area contributed by atoms with Crippen LogP contribution in [0.15, 0.2) is 55.1 Å². The van der Waals surface area contributed by atoms with Crippen molar-refractivity contribution in [3.8, 4) is 22.6 Å². The molecule has 0 radical (unpaired) electrons. The second kappa shape index (κ2) is 7.50. The van der Waals surface area contributed by atoms with Crippen molar-refractivity contribution in [2.75, 3.05) is 0 Å². The SMILES string of the molecule is Cc1ccccc1CCn1cnc(-c2cc(-c3nn[nH]c3C(F)(F)F)ccn2)c1. The van der Waals surface area contributed by atoms with E-state index in [0.717, 1.165) is 13.0 Å². The summed E-state index contributed by atoms with van der Waals surface area (Å²) in [4.78, 5) is 8.59. The van der Waals surface area contributed by atoms with Crippen LogP contribution >= 0.6 is 0 Å². The van der Waals surface area contributed by atoms with Gasteiger partial charge in [0.2, 0.25) is 0 Å². The van der Waals surface area contributed by atoms with Crippen molar-refractivity contribution in [3.05, 3.63) is 71.9 Å². The van der Waals surface area contributed by atoms with Crippen molar-refractivity contribution in [3.63, 3.8) is 0 Å². The second-order valence-corrected chi connectivity index (χ2v) is 6.64. The van der Waals surface area contributed by atoms with Gasteiger partial charge in [-0.05, 0) is 36.6 Å². The molecule has 0 saturated carbocycles. The fourth-order valence-corrected chi connectivity index (χ4v) is 3.10. The molecule has 3 heterocycles. The predicted octanol–water partition coefficient (Wildman–Crippen LogP) is 4.30. The Morgan fingerprint density at radius 3 is 2.69 bits per heavy atom. The van der Waals surface area contributed by atoms with Crippen LogP contribution in [0.5, 0.6) is 0 Å². The van der Waals surface area contributed by atoms with Crippen molar-refractivity contribution in [1.29, 1.82) is 0 Å². The summed E-state index contributed by atoms with van der Waals surface area (Å²) in [6.07, 6.45) is 1.24. The Bertz CT molecular complexity index is 1130. The van der Waals surface area contributed by atoms with E-state index in [1.54, 1.807) is 6.33 Å². The summed E-state index contributed by atoms with van der Waals surface area (Å²) in [5, 5.41) is 8.80. The van der Waals surface area contributed by atoms with Gasteiger partial charge >= 0.3 is 6.18 Å². The van der Waals surface area contributed by atoms with Crippen LogP contribution in [0.1, 0.15) is 16.8 Å². The van der Waals surface area contributed by atoms with E-state index in [-0.39, 0.29) is 11.3 Å². The standard InChI is InChI=1S/C20H17F3N6/c1-13-4-2-3-5-14(13)7-9-29-11-17(25-12-29)16-10-15(6-8-24-16)18-19(20(21,22)23)27-28-26-18/h2-6,8,10-12H,7,9H2,1H3,(H,26,27,28). The lowest BCUT2D eigenvalue weighted by Gasteiger charge is -2.06. The zero-order valence-corrected chi connectivity index (χ0v) is 15.5. The Kier molecular flexibility index (Phi) is 4.87. The normalized spacial score (nSPS) is 11.7. The molecule has 1 aromatic carbocycles. The van der Waals surface area contributed by atoms with E-state index >= 15 is 0 Å². The third-order valence-electron chi connectivity index (χ3n) is 4.66. The fraction of sp³-hybridized carbons (Fsp3) is 0.200. The van der Waals surface area contributed by atoms with Gasteiger partial charge in [0.1, 0.15) is 11.4 Å². The fourth-order valence-electron chi connectivity index (χ4n) is 3.10. The van der Waals surface area contributed by atoms with Crippen LogP contribution in [-0.4, -0.2) is 29.9 Å². The molecule has 0 aliphatic heterocycles. The first-order valence-corrected chi connectivity index (χ1v) is 8.93. The molecule has 1 N–H and O–H groups in total. The van der Waals surface area contributed by atoms with Crippen LogP contribution < -0.4 is 0 Å². The van der Waals surface area contributed by atoms with Crippen LogP contribution in [0.25, 0.3) is 22.6 Å². The quantitative estimate of drug-likeness (QED) is 0.544. The molecule has 4 rings (SSSR count). The van der Waals surface area contributed by atoms with Gasteiger partial charge in [0.05, 0.1) is 12.0 Å². The Morgan fingerprint density at radius 1 is 1.07 bits per heavy atom. The molecule has 6 nitrogen and oxygen atoms in total. The van der Waals surface area contributed by atoms with Gasteiger partial charge in [0.15, 0.2) is 5.69 Å². The summed E-state index contributed by atoms with van der Waals surface area (Å²) in [6.45, 7) is 2.81. The molecule has 0 spiro atoms. The van der Waals surface area contributed by atoms with Gasteiger partial charge in [-0.2, -0.15) is 13.2 Å². The molecule has 0 atom stereocenters. The van der Waals surface area contributed by atoms with Crippen molar-refractivity contribution < 1.29 is 13.2 Å². The second-order valence-electron chi connectivity index (χ2n) is 6.64. The van der Waals surface area contributed by atoms with Crippen LogP contribution in [0.4, 0.5) is 13.2 Å². The molecule has 9 heteroatoms. The number of alkyl halides is 3. The molecule has 0 unspecified atom stereocenters. The van der Waals surface area contributed by atoms with Gasteiger partial charge in [-0.3, -0.25) is 10.1 Å². The van der Waals surface area contributed by atoms with Crippen molar-refractivity contribution in [1.82, 2.24) is 29.9 Å². The van der Waals surface area contributed by atoms with Gasteiger partial charge < -0.3 is 4.57 Å². The topological polar surface area (TPSA) is 72.3 Å². The van der Waals surface area contributed by atoms with Crippen LogP contribution in [-0.2, 0) is 19.1 Å². The van der Waals surface area contributed by atoms with E-state index in [4.69, 9.17) is 0 Å². The average Bonchev–Trinajstić information content (AvgIpc) is 3.37. The number of hydrogen-bond donors (Lipinski definition) is 1. The Labute approximate surface area is 164 Å². The summed E-state index contributed by atoms with van der Waals surface area (Å²) >= 11 is 0. The number of aryl methyl sites for hydroxylation is 3. The zero-order chi connectivity index (χ0) is 20.4. The molecule has 0 aliphatic carbocycles. The van der Waals surface area contributed by atoms with E-state index in [9.17, 15) is 13.2 Å². The minimum atomic E-state index is -4.57. The minimum absolute atomic E-state index is 0.264. The molecular weight excluding hydrogens is 381 g/mol. The van der Waals surface area contributed by atoms with E-state index in [1.807, 2.05) is 28.0 Å². The molecule has 148 valence electrons. The Balaban J connectivity index is 1.56. The number of benzene rings is 1. The van der Waals surface area contributed by atoms with E-state index in [1.165, 1.54) is 29.5 Å². The van der Waals surface area contributed by atoms with Crippen molar-refractivity contribution in [2.45, 2.75) is 26.1 Å². The zero-order valence-electron chi connectivity index (χ0n) is 15.5. The largest absolute Gasteiger partial charge is 0.435 e. The highest BCUT2D eigenvalue weighted by Gasteiger charge is 2.37. The average molecular weight is 398 g/mol. The number of halogens is 3. The molecular formula is C20H17F3N6.